The molecule has 0 atom stereocenters. The molecule has 0 radical (unpaired) electrons. The summed E-state index contributed by atoms with van der Waals surface area (Å²) in [6.07, 6.45) is 0. The zero-order valence-corrected chi connectivity index (χ0v) is 8.13. The lowest BCUT2D eigenvalue weighted by atomic mass is 10.2. The van der Waals surface area contributed by atoms with Gasteiger partial charge in [-0.25, -0.2) is 4.39 Å². The lowest BCUT2D eigenvalue weighted by Crippen LogP contribution is -2.06. The van der Waals surface area contributed by atoms with Crippen LogP contribution in [0.5, 0.6) is 0 Å². The van der Waals surface area contributed by atoms with Crippen molar-refractivity contribution in [3.63, 3.8) is 0 Å². The molecule has 60 valence electrons. The highest BCUT2D eigenvalue weighted by Crippen LogP contribution is 2.08. The van der Waals surface area contributed by atoms with Crippen molar-refractivity contribution in [1.82, 2.24) is 0 Å². The van der Waals surface area contributed by atoms with Crippen LogP contribution in [-0.2, 0) is 6.04 Å². The number of hydrogen-bond donors (Lipinski definition) is 0. The van der Waals surface area contributed by atoms with Gasteiger partial charge in [0.15, 0.2) is 0 Å². The van der Waals surface area contributed by atoms with Crippen molar-refractivity contribution >= 4 is 8.80 Å². The molecule has 0 aliphatic rings. The highest BCUT2D eigenvalue weighted by atomic mass is 28.3. The van der Waals surface area contributed by atoms with Crippen LogP contribution in [0.25, 0.3) is 0 Å². The lowest BCUT2D eigenvalue weighted by molar-refractivity contribution is 0.616. The van der Waals surface area contributed by atoms with Gasteiger partial charge in [0.2, 0.25) is 0 Å². The molecule has 0 fully saturated rings. The molecular weight excluding hydrogens is 155 g/mol. The fourth-order valence-corrected chi connectivity index (χ4v) is 2.31. The van der Waals surface area contributed by atoms with Crippen LogP contribution in [0, 0.1) is 5.82 Å². The zero-order chi connectivity index (χ0) is 8.27. The van der Waals surface area contributed by atoms with Crippen LogP contribution in [0.15, 0.2) is 24.3 Å². The summed E-state index contributed by atoms with van der Waals surface area (Å²) in [5.74, 6) is -0.0475. The summed E-state index contributed by atoms with van der Waals surface area (Å²) < 4.78 is 13.0. The minimum Gasteiger partial charge on any atom is -0.207 e. The molecule has 0 aliphatic heterocycles. The van der Waals surface area contributed by atoms with Crippen molar-refractivity contribution in [3.8, 4) is 0 Å². The van der Waals surface area contributed by atoms with Gasteiger partial charge in [-0.1, -0.05) is 31.3 Å². The maximum atomic E-state index is 13.0. The van der Waals surface area contributed by atoms with Crippen LogP contribution >= 0.6 is 0 Å². The Kier molecular flexibility index (Phi) is 2.82. The standard InChI is InChI=1S/C9H13FSi/c1-11(2)7-8-5-3-4-6-9(8)10/h3-6,11H,7H2,1-2H3. The third-order valence-corrected chi connectivity index (χ3v) is 2.84. The molecule has 0 nitrogen and oxygen atoms in total. The van der Waals surface area contributed by atoms with E-state index in [-0.39, 0.29) is 5.82 Å². The van der Waals surface area contributed by atoms with E-state index in [9.17, 15) is 4.39 Å². The molecule has 1 rings (SSSR count). The van der Waals surface area contributed by atoms with Crippen molar-refractivity contribution in [2.75, 3.05) is 0 Å². The predicted molar refractivity (Wildman–Crippen MR) is 49.0 cm³/mol. The Balaban J connectivity index is 2.78. The molecule has 0 saturated heterocycles. The van der Waals surface area contributed by atoms with E-state index in [0.717, 1.165) is 11.6 Å². The highest BCUT2D eigenvalue weighted by molar-refractivity contribution is 6.55. The van der Waals surface area contributed by atoms with Crippen molar-refractivity contribution in [2.45, 2.75) is 19.1 Å². The summed E-state index contributed by atoms with van der Waals surface area (Å²) in [4.78, 5) is 0. The van der Waals surface area contributed by atoms with E-state index < -0.39 is 8.80 Å². The maximum absolute atomic E-state index is 13.0. The van der Waals surface area contributed by atoms with E-state index in [2.05, 4.69) is 13.1 Å². The fraction of sp³-hybridized carbons (Fsp3) is 0.333. The van der Waals surface area contributed by atoms with Crippen molar-refractivity contribution in [1.29, 1.82) is 0 Å². The molecular formula is C9H13FSi. The Morgan fingerprint density at radius 1 is 1.27 bits per heavy atom. The van der Waals surface area contributed by atoms with Crippen LogP contribution in [0.1, 0.15) is 5.56 Å². The predicted octanol–water partition coefficient (Wildman–Crippen LogP) is 2.39. The van der Waals surface area contributed by atoms with Crippen LogP contribution in [0.4, 0.5) is 4.39 Å². The molecule has 0 aliphatic carbocycles. The molecule has 0 bridgehead atoms. The molecule has 1 aromatic carbocycles. The molecule has 0 N–H and O–H groups in total. The summed E-state index contributed by atoms with van der Waals surface area (Å²) in [7, 11) is -0.665. The van der Waals surface area contributed by atoms with Gasteiger partial charge in [0, 0.05) is 8.80 Å². The van der Waals surface area contributed by atoms with Crippen molar-refractivity contribution in [3.05, 3.63) is 35.6 Å². The molecule has 1 aromatic rings. The Morgan fingerprint density at radius 3 is 2.45 bits per heavy atom. The maximum Gasteiger partial charge on any atom is 0.126 e. The average molecular weight is 168 g/mol. The van der Waals surface area contributed by atoms with Gasteiger partial charge in [-0.15, -0.1) is 0 Å². The van der Waals surface area contributed by atoms with Gasteiger partial charge in [0.05, 0.1) is 0 Å². The molecule has 0 heterocycles. The first-order valence-corrected chi connectivity index (χ1v) is 7.06. The van der Waals surface area contributed by atoms with E-state index in [4.69, 9.17) is 0 Å². The van der Waals surface area contributed by atoms with E-state index in [1.54, 1.807) is 6.07 Å². The highest BCUT2D eigenvalue weighted by Gasteiger charge is 2.02. The number of benzene rings is 1. The summed E-state index contributed by atoms with van der Waals surface area (Å²) >= 11 is 0. The molecule has 0 unspecified atom stereocenters. The molecule has 0 spiro atoms. The van der Waals surface area contributed by atoms with E-state index in [0.29, 0.717) is 0 Å². The van der Waals surface area contributed by atoms with E-state index in [1.807, 2.05) is 12.1 Å². The first kappa shape index (κ1) is 8.46. The summed E-state index contributed by atoms with van der Waals surface area (Å²) in [5, 5.41) is 0. The second-order valence-corrected chi connectivity index (χ2v) is 6.39. The summed E-state index contributed by atoms with van der Waals surface area (Å²) in [5.41, 5.74) is 0.883. The number of hydrogen-bond acceptors (Lipinski definition) is 0. The van der Waals surface area contributed by atoms with E-state index in [1.165, 1.54) is 6.07 Å². The monoisotopic (exact) mass is 168 g/mol. The van der Waals surface area contributed by atoms with Crippen LogP contribution in [0.2, 0.25) is 13.1 Å². The smallest absolute Gasteiger partial charge is 0.126 e. The molecule has 0 amide bonds. The van der Waals surface area contributed by atoms with Gasteiger partial charge in [-0.05, 0) is 17.7 Å². The molecule has 2 heteroatoms. The summed E-state index contributed by atoms with van der Waals surface area (Å²) in [6, 6.07) is 8.01. The van der Waals surface area contributed by atoms with Crippen LogP contribution in [-0.4, -0.2) is 8.80 Å². The Hall–Kier alpha value is -0.633. The first-order chi connectivity index (χ1) is 5.20. The number of rotatable bonds is 2. The zero-order valence-electron chi connectivity index (χ0n) is 6.97. The normalized spacial score (nSPS) is 10.5. The van der Waals surface area contributed by atoms with Crippen LogP contribution < -0.4 is 0 Å². The molecule has 0 aromatic heterocycles. The van der Waals surface area contributed by atoms with Gasteiger partial charge >= 0.3 is 0 Å². The largest absolute Gasteiger partial charge is 0.207 e. The number of halogens is 1. The topological polar surface area (TPSA) is 0 Å². The van der Waals surface area contributed by atoms with Gasteiger partial charge in [0.25, 0.3) is 0 Å². The SMILES string of the molecule is C[SiH](C)Cc1ccccc1F. The lowest BCUT2D eigenvalue weighted by Gasteiger charge is -2.03. The molecule has 0 saturated carbocycles. The molecule has 11 heavy (non-hydrogen) atoms. The minimum absolute atomic E-state index is 0.0475. The quantitative estimate of drug-likeness (QED) is 0.595. The minimum atomic E-state index is -0.665. The van der Waals surface area contributed by atoms with E-state index >= 15 is 0 Å². The van der Waals surface area contributed by atoms with Gasteiger partial charge in [-0.3, -0.25) is 0 Å². The van der Waals surface area contributed by atoms with Crippen molar-refractivity contribution < 1.29 is 4.39 Å². The Labute approximate surface area is 68.7 Å². The second-order valence-electron chi connectivity index (χ2n) is 3.19. The average Bonchev–Trinajstić information content (AvgIpc) is 1.93. The summed E-state index contributed by atoms with van der Waals surface area (Å²) in [6.45, 7) is 4.46. The van der Waals surface area contributed by atoms with Crippen molar-refractivity contribution in [2.24, 2.45) is 0 Å². The Morgan fingerprint density at radius 2 is 1.91 bits per heavy atom. The fourth-order valence-electron chi connectivity index (χ4n) is 1.10. The second kappa shape index (κ2) is 3.67. The third-order valence-electron chi connectivity index (χ3n) is 1.59. The van der Waals surface area contributed by atoms with Gasteiger partial charge < -0.3 is 0 Å². The van der Waals surface area contributed by atoms with Gasteiger partial charge in [0.1, 0.15) is 5.82 Å². The third kappa shape index (κ3) is 2.46. The first-order valence-electron chi connectivity index (χ1n) is 3.93. The van der Waals surface area contributed by atoms with Gasteiger partial charge in [-0.2, -0.15) is 0 Å². The van der Waals surface area contributed by atoms with Crippen LogP contribution in [0.3, 0.4) is 0 Å². The Bertz CT molecular complexity index is 233.